The zero-order valence-corrected chi connectivity index (χ0v) is 14.2. The van der Waals surface area contributed by atoms with Crippen molar-refractivity contribution >= 4 is 34.1 Å². The summed E-state index contributed by atoms with van der Waals surface area (Å²) in [5, 5.41) is 6.63. The molecule has 0 aliphatic carbocycles. The first-order chi connectivity index (χ1) is 11.6. The van der Waals surface area contributed by atoms with Gasteiger partial charge in [-0.15, -0.1) is 11.3 Å². The first-order valence-electron chi connectivity index (χ1n) is 7.47. The monoisotopic (exact) mass is 343 g/mol. The maximum absolute atomic E-state index is 11.7. The first-order valence-corrected chi connectivity index (χ1v) is 8.35. The summed E-state index contributed by atoms with van der Waals surface area (Å²) < 4.78 is 4.78. The van der Waals surface area contributed by atoms with E-state index >= 15 is 0 Å². The van der Waals surface area contributed by atoms with Crippen LogP contribution in [0.3, 0.4) is 0 Å². The molecular formula is C17H17N3O3S. The van der Waals surface area contributed by atoms with Crippen LogP contribution in [0.1, 0.15) is 22.3 Å². The smallest absolute Gasteiger partial charge is 0.337 e. The van der Waals surface area contributed by atoms with Crippen LogP contribution in [0.15, 0.2) is 29.8 Å². The van der Waals surface area contributed by atoms with Gasteiger partial charge in [-0.25, -0.2) is 9.78 Å². The second-order valence-electron chi connectivity index (χ2n) is 5.31. The molecule has 0 aliphatic heterocycles. The molecule has 0 saturated heterocycles. The van der Waals surface area contributed by atoms with E-state index in [2.05, 4.69) is 15.3 Å². The summed E-state index contributed by atoms with van der Waals surface area (Å²) in [7, 11) is 1.37. The van der Waals surface area contributed by atoms with E-state index in [1.54, 1.807) is 17.4 Å². The van der Waals surface area contributed by atoms with Crippen LogP contribution < -0.4 is 5.32 Å². The summed E-state index contributed by atoms with van der Waals surface area (Å²) in [4.78, 5) is 30.5. The number of amides is 1. The summed E-state index contributed by atoms with van der Waals surface area (Å²) in [6.45, 7) is 2.07. The van der Waals surface area contributed by atoms with Crippen molar-refractivity contribution in [2.24, 2.45) is 0 Å². The van der Waals surface area contributed by atoms with Gasteiger partial charge in [0.15, 0.2) is 0 Å². The number of hydrogen-bond donors (Lipinski definition) is 2. The molecule has 0 bridgehead atoms. The molecule has 0 atom stereocenters. The van der Waals surface area contributed by atoms with Gasteiger partial charge in [-0.05, 0) is 18.2 Å². The topological polar surface area (TPSA) is 84.1 Å². The van der Waals surface area contributed by atoms with Crippen molar-refractivity contribution in [1.29, 1.82) is 0 Å². The Hall–Kier alpha value is -2.67. The molecule has 0 aliphatic rings. The van der Waals surface area contributed by atoms with Crippen molar-refractivity contribution in [2.45, 2.75) is 13.3 Å². The second kappa shape index (κ2) is 6.84. The number of carbonyl (C=O) groups is 2. The van der Waals surface area contributed by atoms with Crippen LogP contribution in [-0.2, 0) is 16.0 Å². The van der Waals surface area contributed by atoms with Gasteiger partial charge >= 0.3 is 5.97 Å². The Bertz CT molecular complexity index is 898. The molecule has 7 heteroatoms. The van der Waals surface area contributed by atoms with Gasteiger partial charge in [0.25, 0.3) is 0 Å². The number of aromatic amines is 1. The lowest BCUT2D eigenvalue weighted by molar-refractivity contribution is -0.118. The van der Waals surface area contributed by atoms with E-state index < -0.39 is 0 Å². The minimum Gasteiger partial charge on any atom is -0.465 e. The summed E-state index contributed by atoms with van der Waals surface area (Å²) in [6, 6.07) is 5.40. The van der Waals surface area contributed by atoms with E-state index in [1.807, 2.05) is 23.7 Å². The van der Waals surface area contributed by atoms with Crippen LogP contribution in [0.25, 0.3) is 22.2 Å². The fourth-order valence-corrected chi connectivity index (χ4v) is 3.27. The number of carbonyl (C=O) groups excluding carboxylic acids is 2. The van der Waals surface area contributed by atoms with Gasteiger partial charge in [0.05, 0.1) is 23.4 Å². The van der Waals surface area contributed by atoms with Crippen LogP contribution in [0.5, 0.6) is 0 Å². The predicted molar refractivity (Wildman–Crippen MR) is 93.1 cm³/mol. The van der Waals surface area contributed by atoms with Gasteiger partial charge in [-0.1, -0.05) is 0 Å². The molecule has 0 radical (unpaired) electrons. The van der Waals surface area contributed by atoms with Crippen LogP contribution in [0.4, 0.5) is 0 Å². The fraction of sp³-hybridized carbons (Fsp3) is 0.235. The Labute approximate surface area is 142 Å². The highest BCUT2D eigenvalue weighted by Gasteiger charge is 2.13. The summed E-state index contributed by atoms with van der Waals surface area (Å²) >= 11 is 1.56. The minimum atomic E-state index is -0.363. The average Bonchev–Trinajstić information content (AvgIpc) is 3.19. The quantitative estimate of drug-likeness (QED) is 0.698. The molecule has 3 rings (SSSR count). The normalized spacial score (nSPS) is 10.8. The van der Waals surface area contributed by atoms with E-state index in [-0.39, 0.29) is 11.9 Å². The van der Waals surface area contributed by atoms with Crippen LogP contribution >= 0.6 is 11.3 Å². The number of ether oxygens (including phenoxy) is 1. The third kappa shape index (κ3) is 3.30. The van der Waals surface area contributed by atoms with Gasteiger partial charge in [0.1, 0.15) is 0 Å². The highest BCUT2D eigenvalue weighted by molar-refractivity contribution is 7.10. The molecule has 2 aromatic heterocycles. The third-order valence-electron chi connectivity index (χ3n) is 3.64. The molecule has 3 aromatic rings. The third-order valence-corrected chi connectivity index (χ3v) is 4.55. The molecule has 0 fully saturated rings. The molecule has 2 heterocycles. The molecular weight excluding hydrogens is 326 g/mol. The van der Waals surface area contributed by atoms with Crippen molar-refractivity contribution in [3.05, 3.63) is 40.3 Å². The standard InChI is InChI=1S/C17H17N3O3S/c1-10(21)18-6-5-16-20-15(9-24-16)13-8-19-14-4-3-11(7-12(13)14)17(22)23-2/h3-4,7-9,19H,5-6H2,1-2H3,(H,18,21). The van der Waals surface area contributed by atoms with Gasteiger partial charge < -0.3 is 15.0 Å². The summed E-state index contributed by atoms with van der Waals surface area (Å²) in [5.74, 6) is -0.405. The van der Waals surface area contributed by atoms with E-state index in [1.165, 1.54) is 14.0 Å². The highest BCUT2D eigenvalue weighted by Crippen LogP contribution is 2.30. The largest absolute Gasteiger partial charge is 0.465 e. The molecule has 124 valence electrons. The fourth-order valence-electron chi connectivity index (χ4n) is 2.47. The van der Waals surface area contributed by atoms with Gasteiger partial charge in [0, 0.05) is 47.9 Å². The minimum absolute atomic E-state index is 0.0428. The van der Waals surface area contributed by atoms with Crippen molar-refractivity contribution in [1.82, 2.24) is 15.3 Å². The molecule has 24 heavy (non-hydrogen) atoms. The Morgan fingerprint density at radius 3 is 2.96 bits per heavy atom. The predicted octanol–water partition coefficient (Wildman–Crippen LogP) is 2.76. The Morgan fingerprint density at radius 2 is 2.21 bits per heavy atom. The van der Waals surface area contributed by atoms with Crippen LogP contribution in [0, 0.1) is 0 Å². The number of nitrogens with one attached hydrogen (secondary N) is 2. The van der Waals surface area contributed by atoms with E-state index in [4.69, 9.17) is 4.74 Å². The Balaban J connectivity index is 1.88. The zero-order valence-electron chi connectivity index (χ0n) is 13.4. The van der Waals surface area contributed by atoms with Crippen molar-refractivity contribution in [2.75, 3.05) is 13.7 Å². The number of rotatable bonds is 5. The van der Waals surface area contributed by atoms with E-state index in [9.17, 15) is 9.59 Å². The number of methoxy groups -OCH3 is 1. The number of H-pyrrole nitrogens is 1. The van der Waals surface area contributed by atoms with Gasteiger partial charge in [-0.3, -0.25) is 4.79 Å². The second-order valence-corrected chi connectivity index (χ2v) is 6.26. The van der Waals surface area contributed by atoms with Gasteiger partial charge in [-0.2, -0.15) is 0 Å². The van der Waals surface area contributed by atoms with Crippen molar-refractivity contribution in [3.8, 4) is 11.3 Å². The lowest BCUT2D eigenvalue weighted by Gasteiger charge is -2.00. The molecule has 1 amide bonds. The highest BCUT2D eigenvalue weighted by atomic mass is 32.1. The average molecular weight is 343 g/mol. The van der Waals surface area contributed by atoms with Crippen molar-refractivity contribution < 1.29 is 14.3 Å². The molecule has 0 saturated carbocycles. The number of aromatic nitrogens is 2. The Morgan fingerprint density at radius 1 is 1.38 bits per heavy atom. The summed E-state index contributed by atoms with van der Waals surface area (Å²) in [6.07, 6.45) is 2.58. The number of nitrogens with zero attached hydrogens (tertiary/aromatic N) is 1. The van der Waals surface area contributed by atoms with Crippen LogP contribution in [0.2, 0.25) is 0 Å². The lowest BCUT2D eigenvalue weighted by atomic mass is 10.1. The number of thiazole rings is 1. The molecule has 0 unspecified atom stereocenters. The van der Waals surface area contributed by atoms with Crippen LogP contribution in [-0.4, -0.2) is 35.5 Å². The summed E-state index contributed by atoms with van der Waals surface area (Å²) in [5.41, 5.74) is 3.24. The zero-order chi connectivity index (χ0) is 17.1. The van der Waals surface area contributed by atoms with E-state index in [0.717, 1.165) is 27.2 Å². The maximum atomic E-state index is 11.7. The number of esters is 1. The number of hydrogen-bond acceptors (Lipinski definition) is 5. The maximum Gasteiger partial charge on any atom is 0.337 e. The molecule has 1 aromatic carbocycles. The number of benzene rings is 1. The van der Waals surface area contributed by atoms with E-state index in [0.29, 0.717) is 18.5 Å². The molecule has 0 spiro atoms. The molecule has 2 N–H and O–H groups in total. The first kappa shape index (κ1) is 16.2. The van der Waals surface area contributed by atoms with Gasteiger partial charge in [0.2, 0.25) is 5.91 Å². The number of fused-ring (bicyclic) bond motifs is 1. The molecule has 6 nitrogen and oxygen atoms in total. The Kier molecular flexibility index (Phi) is 4.61. The van der Waals surface area contributed by atoms with Crippen molar-refractivity contribution in [3.63, 3.8) is 0 Å². The SMILES string of the molecule is COC(=O)c1ccc2[nH]cc(-c3csc(CCNC(C)=O)n3)c2c1. The lowest BCUT2D eigenvalue weighted by Crippen LogP contribution is -2.22.